The zero-order valence-electron chi connectivity index (χ0n) is 29.8. The first-order chi connectivity index (χ1) is 25.1. The first kappa shape index (κ1) is 40.0. The van der Waals surface area contributed by atoms with Crippen molar-refractivity contribution in [3.8, 4) is 11.5 Å². The van der Waals surface area contributed by atoms with E-state index in [2.05, 4.69) is 57.6 Å². The Hall–Kier alpha value is -3.74. The molecule has 1 heterocycles. The topological polar surface area (TPSA) is 91.0 Å². The fourth-order valence-corrected chi connectivity index (χ4v) is 5.78. The number of methoxy groups -OCH3 is 2. The molecule has 1 atom stereocenters. The highest BCUT2D eigenvalue weighted by Gasteiger charge is 2.26. The molecule has 1 fully saturated rings. The number of unbranched alkanes of at least 4 members (excludes halogenated alkanes) is 1. The van der Waals surface area contributed by atoms with Crippen molar-refractivity contribution >= 4 is 23.6 Å². The highest BCUT2D eigenvalue weighted by molar-refractivity contribution is 6.30. The molecule has 3 aromatic rings. The van der Waals surface area contributed by atoms with E-state index in [4.69, 9.17) is 40.0 Å². The van der Waals surface area contributed by atoms with Crippen LogP contribution in [0.5, 0.6) is 11.5 Å². The first-order valence-corrected chi connectivity index (χ1v) is 17.9. The van der Waals surface area contributed by atoms with Crippen molar-refractivity contribution in [2.75, 3.05) is 93.5 Å². The van der Waals surface area contributed by atoms with Crippen molar-refractivity contribution in [2.45, 2.75) is 18.9 Å². The van der Waals surface area contributed by atoms with Gasteiger partial charge in [-0.25, -0.2) is 0 Å². The van der Waals surface area contributed by atoms with Gasteiger partial charge in [-0.1, -0.05) is 78.4 Å². The van der Waals surface area contributed by atoms with E-state index in [1.807, 2.05) is 42.5 Å². The fraction of sp³-hybridized carbons (Fsp3) is 0.425. The number of carbonyl (C=O) groups excluding carboxylic acids is 1. The van der Waals surface area contributed by atoms with E-state index in [-0.39, 0.29) is 25.5 Å². The molecule has 0 aliphatic carbocycles. The van der Waals surface area contributed by atoms with Crippen molar-refractivity contribution in [3.63, 3.8) is 0 Å². The van der Waals surface area contributed by atoms with Crippen LogP contribution in [0, 0.1) is 0 Å². The third-order valence-electron chi connectivity index (χ3n) is 8.35. The Morgan fingerprint density at radius 2 is 1.45 bits per heavy atom. The molecule has 1 unspecified atom stereocenters. The third kappa shape index (κ3) is 14.8. The van der Waals surface area contributed by atoms with Gasteiger partial charge >= 0.3 is 0 Å². The molecule has 10 nitrogen and oxygen atoms in total. The summed E-state index contributed by atoms with van der Waals surface area (Å²) in [5.41, 5.74) is 3.44. The Balaban J connectivity index is 1.15. The smallest absolute Gasteiger partial charge is 0.243 e. The zero-order chi connectivity index (χ0) is 35.9. The molecule has 1 aliphatic heterocycles. The van der Waals surface area contributed by atoms with E-state index >= 15 is 0 Å². The number of ether oxygens (including phenoxy) is 6. The predicted molar refractivity (Wildman–Crippen MR) is 201 cm³/mol. The van der Waals surface area contributed by atoms with E-state index in [9.17, 15) is 4.79 Å². The lowest BCUT2D eigenvalue weighted by Crippen LogP contribution is -2.48. The van der Waals surface area contributed by atoms with Gasteiger partial charge in [-0.2, -0.15) is 0 Å². The van der Waals surface area contributed by atoms with Gasteiger partial charge in [0, 0.05) is 58.0 Å². The molecule has 0 spiro atoms. The number of benzene rings is 3. The second-order valence-electron chi connectivity index (χ2n) is 12.0. The molecule has 0 saturated carbocycles. The van der Waals surface area contributed by atoms with Crippen LogP contribution in [0.25, 0.3) is 6.08 Å². The van der Waals surface area contributed by atoms with Crippen LogP contribution in [0.15, 0.2) is 91.0 Å². The Kier molecular flexibility index (Phi) is 18.6. The number of allylic oxidation sites excluding steroid dienone is 2. The minimum atomic E-state index is -0.114. The van der Waals surface area contributed by atoms with E-state index in [0.29, 0.717) is 44.5 Å². The minimum absolute atomic E-state index is 0.0500. The number of hydrogen-bond acceptors (Lipinski definition) is 9. The summed E-state index contributed by atoms with van der Waals surface area (Å²) >= 11 is 6.19. The van der Waals surface area contributed by atoms with Gasteiger partial charge in [0.25, 0.3) is 0 Å². The van der Waals surface area contributed by atoms with Gasteiger partial charge in [0.1, 0.15) is 0 Å². The lowest BCUT2D eigenvalue weighted by Gasteiger charge is -2.40. The van der Waals surface area contributed by atoms with Crippen molar-refractivity contribution < 1.29 is 33.2 Å². The quantitative estimate of drug-likeness (QED) is 0.0531. The fourth-order valence-electron chi connectivity index (χ4n) is 5.65. The molecule has 0 radical (unpaired) electrons. The van der Waals surface area contributed by atoms with Crippen LogP contribution < -0.4 is 14.8 Å². The van der Waals surface area contributed by atoms with Gasteiger partial charge in [0.05, 0.1) is 32.5 Å². The second-order valence-corrected chi connectivity index (χ2v) is 12.4. The average Bonchev–Trinajstić information content (AvgIpc) is 3.15. The number of hydrogen-bond donors (Lipinski definition) is 1. The van der Waals surface area contributed by atoms with Gasteiger partial charge < -0.3 is 38.6 Å². The maximum atomic E-state index is 12.4. The monoisotopic (exact) mass is 721 g/mol. The highest BCUT2D eigenvalue weighted by Crippen LogP contribution is 2.31. The molecule has 3 aromatic carbocycles. The highest BCUT2D eigenvalue weighted by atomic mass is 35.5. The summed E-state index contributed by atoms with van der Waals surface area (Å²) in [5.74, 6) is 0.933. The normalized spacial score (nSPS) is 14.6. The van der Waals surface area contributed by atoms with E-state index in [1.54, 1.807) is 20.3 Å². The summed E-state index contributed by atoms with van der Waals surface area (Å²) in [5, 5.41) is 3.75. The predicted octanol–water partition coefficient (Wildman–Crippen LogP) is 6.21. The van der Waals surface area contributed by atoms with Crippen molar-refractivity contribution in [2.24, 2.45) is 0 Å². The summed E-state index contributed by atoms with van der Waals surface area (Å²) < 4.78 is 32.4. The van der Waals surface area contributed by atoms with Crippen LogP contribution in [-0.2, 0) is 23.7 Å². The van der Waals surface area contributed by atoms with Crippen LogP contribution >= 0.6 is 11.6 Å². The molecule has 0 bridgehead atoms. The van der Waals surface area contributed by atoms with Gasteiger partial charge in [0.2, 0.25) is 5.91 Å². The van der Waals surface area contributed by atoms with Crippen LogP contribution in [0.1, 0.15) is 35.6 Å². The maximum Gasteiger partial charge on any atom is 0.243 e. The SMILES string of the molecule is COCCOCOc1ccc(/C=C/C=C/C(=O)NCCCCN2CCN(C(c3ccccc3)c3ccc(Cl)cc3)CC2)cc1OCOCCOC. The van der Waals surface area contributed by atoms with Crippen molar-refractivity contribution in [1.29, 1.82) is 0 Å². The molecule has 11 heteroatoms. The molecule has 0 aromatic heterocycles. The van der Waals surface area contributed by atoms with Gasteiger partial charge in [-0.3, -0.25) is 9.69 Å². The van der Waals surface area contributed by atoms with Crippen LogP contribution in [-0.4, -0.2) is 109 Å². The Bertz CT molecular complexity index is 1460. The van der Waals surface area contributed by atoms with Crippen LogP contribution in [0.3, 0.4) is 0 Å². The summed E-state index contributed by atoms with van der Waals surface area (Å²) in [4.78, 5) is 17.5. The van der Waals surface area contributed by atoms with E-state index < -0.39 is 0 Å². The molecule has 1 saturated heterocycles. The number of rotatable bonds is 23. The molecular formula is C40H52ClN3O7. The minimum Gasteiger partial charge on any atom is -0.464 e. The molecule has 4 rings (SSSR count). The average molecular weight is 722 g/mol. The third-order valence-corrected chi connectivity index (χ3v) is 8.60. The summed E-state index contributed by atoms with van der Waals surface area (Å²) in [7, 11) is 3.23. The number of nitrogens with zero attached hydrogens (tertiary/aromatic N) is 2. The maximum absolute atomic E-state index is 12.4. The Labute approximate surface area is 307 Å². The largest absolute Gasteiger partial charge is 0.464 e. The lowest BCUT2D eigenvalue weighted by atomic mass is 9.96. The Morgan fingerprint density at radius 1 is 0.784 bits per heavy atom. The first-order valence-electron chi connectivity index (χ1n) is 17.5. The lowest BCUT2D eigenvalue weighted by molar-refractivity contribution is -0.116. The standard InChI is InChI=1S/C40H52ClN3O7/c1-46-26-28-48-31-50-37-19-14-33(30-38(37)51-32-49-29-27-47-2)10-6-7-13-39(45)42-20-8-9-21-43-22-24-44(25-23-43)40(34-11-4-3-5-12-34)35-15-17-36(41)18-16-35/h3-7,10-19,30,40H,8-9,20-29,31-32H2,1-2H3,(H,42,45)/b10-6+,13-7+. The number of nitrogens with one attached hydrogen (secondary N) is 1. The summed E-state index contributed by atoms with van der Waals surface area (Å²) in [6.45, 7) is 7.62. The molecule has 51 heavy (non-hydrogen) atoms. The van der Waals surface area contributed by atoms with Crippen molar-refractivity contribution in [1.82, 2.24) is 15.1 Å². The molecule has 276 valence electrons. The van der Waals surface area contributed by atoms with E-state index in [0.717, 1.165) is 56.2 Å². The molecule has 1 amide bonds. The van der Waals surface area contributed by atoms with Gasteiger partial charge in [-0.15, -0.1) is 0 Å². The van der Waals surface area contributed by atoms with E-state index in [1.165, 1.54) is 17.2 Å². The number of amides is 1. The second kappa shape index (κ2) is 23.7. The van der Waals surface area contributed by atoms with Gasteiger partial charge in [-0.05, 0) is 60.3 Å². The summed E-state index contributed by atoms with van der Waals surface area (Å²) in [6.07, 6.45) is 8.93. The Morgan fingerprint density at radius 3 is 2.14 bits per heavy atom. The molecular weight excluding hydrogens is 670 g/mol. The molecule has 1 N–H and O–H groups in total. The van der Waals surface area contributed by atoms with Crippen molar-refractivity contribution in [3.05, 3.63) is 113 Å². The van der Waals surface area contributed by atoms with Gasteiger partial charge in [0.15, 0.2) is 25.1 Å². The van der Waals surface area contributed by atoms with Crippen LogP contribution in [0.4, 0.5) is 0 Å². The number of halogens is 1. The number of carbonyl (C=O) groups is 1. The van der Waals surface area contributed by atoms with Crippen LogP contribution in [0.2, 0.25) is 5.02 Å². The number of piperazine rings is 1. The summed E-state index contributed by atoms with van der Waals surface area (Å²) in [6, 6.07) is 24.7. The zero-order valence-corrected chi connectivity index (χ0v) is 30.6. The molecule has 1 aliphatic rings.